The number of fused-ring (bicyclic) bond motifs is 1. The lowest BCUT2D eigenvalue weighted by atomic mass is 9.94. The van der Waals surface area contributed by atoms with Crippen LogP contribution in [0, 0.1) is 5.92 Å². The number of hydrogen-bond acceptors (Lipinski definition) is 5. The van der Waals surface area contributed by atoms with Crippen LogP contribution in [0.5, 0.6) is 0 Å². The fraction of sp³-hybridized carbons (Fsp3) is 0.294. The smallest absolute Gasteiger partial charge is 0.269 e. The van der Waals surface area contributed by atoms with Crippen molar-refractivity contribution in [3.63, 3.8) is 0 Å². The number of aromatic nitrogens is 2. The van der Waals surface area contributed by atoms with Gasteiger partial charge < -0.3 is 5.32 Å². The number of benzene rings is 1. The summed E-state index contributed by atoms with van der Waals surface area (Å²) in [6.45, 7) is 4.64. The molecule has 1 aromatic carbocycles. The summed E-state index contributed by atoms with van der Waals surface area (Å²) in [7, 11) is 0. The quantitative estimate of drug-likeness (QED) is 0.786. The Hall–Kier alpha value is -2.64. The van der Waals surface area contributed by atoms with Crippen molar-refractivity contribution < 1.29 is 4.79 Å². The molecule has 1 atom stereocenters. The van der Waals surface area contributed by atoms with Crippen molar-refractivity contribution in [3.8, 4) is 5.69 Å². The number of nitrogens with one attached hydrogen (secondary N) is 3. The van der Waals surface area contributed by atoms with Gasteiger partial charge in [-0.1, -0.05) is 26.0 Å². The molecule has 0 bridgehead atoms. The van der Waals surface area contributed by atoms with E-state index in [9.17, 15) is 4.79 Å². The van der Waals surface area contributed by atoms with Gasteiger partial charge in [0.05, 0.1) is 18.1 Å². The highest BCUT2D eigenvalue weighted by atomic mass is 16.2. The van der Waals surface area contributed by atoms with Crippen molar-refractivity contribution in [1.29, 1.82) is 0 Å². The molecule has 1 aromatic heterocycles. The van der Waals surface area contributed by atoms with Gasteiger partial charge in [0.15, 0.2) is 6.29 Å². The zero-order chi connectivity index (χ0) is 16.7. The summed E-state index contributed by atoms with van der Waals surface area (Å²) in [5, 5.41) is 12.6. The van der Waals surface area contributed by atoms with Crippen molar-refractivity contribution in [2.24, 2.45) is 5.92 Å². The maximum atomic E-state index is 12.9. The van der Waals surface area contributed by atoms with Gasteiger partial charge in [0.25, 0.3) is 5.91 Å². The summed E-state index contributed by atoms with van der Waals surface area (Å²) in [6.07, 6.45) is 3.42. The van der Waals surface area contributed by atoms with Gasteiger partial charge in [-0.2, -0.15) is 5.10 Å². The molecule has 0 radical (unpaired) electrons. The summed E-state index contributed by atoms with van der Waals surface area (Å²) in [5.41, 5.74) is 6.66. The Bertz CT molecular complexity index is 795. The average Bonchev–Trinajstić information content (AvgIpc) is 3.26. The summed E-state index contributed by atoms with van der Waals surface area (Å²) < 4.78 is 1.81. The zero-order valence-electron chi connectivity index (χ0n) is 13.7. The molecule has 1 amide bonds. The van der Waals surface area contributed by atoms with Crippen molar-refractivity contribution in [1.82, 2.24) is 30.8 Å². The molecule has 24 heavy (non-hydrogen) atoms. The van der Waals surface area contributed by atoms with Crippen molar-refractivity contribution >= 4 is 11.6 Å². The first-order chi connectivity index (χ1) is 11.6. The second kappa shape index (κ2) is 5.77. The van der Waals surface area contributed by atoms with Crippen LogP contribution in [0.25, 0.3) is 11.4 Å². The van der Waals surface area contributed by atoms with Crippen LogP contribution in [0.3, 0.4) is 0 Å². The Morgan fingerprint density at radius 3 is 2.92 bits per heavy atom. The first-order valence-corrected chi connectivity index (χ1v) is 8.07. The second-order valence-corrected chi connectivity index (χ2v) is 6.21. The normalized spacial score (nSPS) is 20.5. The number of nitrogens with zero attached hydrogens (tertiary/aromatic N) is 3. The van der Waals surface area contributed by atoms with Gasteiger partial charge >= 0.3 is 0 Å². The molecule has 2 aromatic rings. The maximum Gasteiger partial charge on any atom is 0.269 e. The monoisotopic (exact) mass is 324 g/mol. The van der Waals surface area contributed by atoms with Crippen LogP contribution >= 0.6 is 0 Å². The van der Waals surface area contributed by atoms with Crippen LogP contribution in [0.4, 0.5) is 0 Å². The molecule has 3 heterocycles. The fourth-order valence-electron chi connectivity index (χ4n) is 3.17. The number of hydrogen-bond donors (Lipinski definition) is 3. The molecular weight excluding hydrogens is 304 g/mol. The minimum absolute atomic E-state index is 0.0123. The first-order valence-electron chi connectivity index (χ1n) is 8.07. The summed E-state index contributed by atoms with van der Waals surface area (Å²) in [5.74, 6) is 0.120. The molecule has 3 N–H and O–H groups in total. The molecule has 0 saturated carbocycles. The van der Waals surface area contributed by atoms with Crippen LogP contribution in [0.15, 0.2) is 48.3 Å². The van der Waals surface area contributed by atoms with E-state index in [4.69, 9.17) is 0 Å². The number of carbonyl (C=O) groups excluding carboxylic acids is 1. The van der Waals surface area contributed by atoms with Gasteiger partial charge in [-0.25, -0.2) is 15.1 Å². The Kier molecular flexibility index (Phi) is 3.59. The van der Waals surface area contributed by atoms with Crippen molar-refractivity contribution in [2.45, 2.75) is 20.1 Å². The molecule has 124 valence electrons. The van der Waals surface area contributed by atoms with Gasteiger partial charge in [-0.05, 0) is 24.1 Å². The SMILES string of the molecule is CC(C)C1=C(c2cccc(-n3cccn3)c2)NC2NCNN2C1=O. The van der Waals surface area contributed by atoms with E-state index in [0.29, 0.717) is 6.67 Å². The predicted molar refractivity (Wildman–Crippen MR) is 90.2 cm³/mol. The van der Waals surface area contributed by atoms with E-state index in [2.05, 4.69) is 21.2 Å². The van der Waals surface area contributed by atoms with E-state index < -0.39 is 0 Å². The highest BCUT2D eigenvalue weighted by Crippen LogP contribution is 2.29. The van der Waals surface area contributed by atoms with E-state index in [1.807, 2.05) is 55.1 Å². The minimum atomic E-state index is -0.233. The molecule has 7 heteroatoms. The lowest BCUT2D eigenvalue weighted by molar-refractivity contribution is -0.132. The van der Waals surface area contributed by atoms with Crippen LogP contribution in [0.1, 0.15) is 19.4 Å². The number of amides is 1. The molecular formula is C17H20N6O. The zero-order valence-corrected chi connectivity index (χ0v) is 13.7. The molecule has 2 aliphatic heterocycles. The van der Waals surface area contributed by atoms with E-state index >= 15 is 0 Å². The van der Waals surface area contributed by atoms with Crippen molar-refractivity contribution in [3.05, 3.63) is 53.9 Å². The standard InChI is InChI=1S/C17H20N6O/c1-11(2)14-15(21-17-18-10-20-23(17)16(14)24)12-5-3-6-13(9-12)22-8-4-7-19-22/h3-9,11,17-18,20-21H,10H2,1-2H3. The van der Waals surface area contributed by atoms with Gasteiger partial charge in [-0.15, -0.1) is 0 Å². The molecule has 1 unspecified atom stereocenters. The summed E-state index contributed by atoms with van der Waals surface area (Å²) in [6, 6.07) is 9.93. The van der Waals surface area contributed by atoms with Crippen molar-refractivity contribution in [2.75, 3.05) is 6.67 Å². The minimum Gasteiger partial charge on any atom is -0.351 e. The molecule has 0 aliphatic carbocycles. The Labute approximate surface area is 140 Å². The van der Waals surface area contributed by atoms with Gasteiger partial charge in [0.1, 0.15) is 0 Å². The van der Waals surface area contributed by atoms with Crippen LogP contribution in [-0.2, 0) is 4.79 Å². The lowest BCUT2D eigenvalue weighted by Crippen LogP contribution is -2.56. The predicted octanol–water partition coefficient (Wildman–Crippen LogP) is 1.02. The topological polar surface area (TPSA) is 74.2 Å². The third-order valence-electron chi connectivity index (χ3n) is 4.28. The molecule has 4 rings (SSSR count). The van der Waals surface area contributed by atoms with Crippen LogP contribution in [0.2, 0.25) is 0 Å². The molecule has 7 nitrogen and oxygen atoms in total. The number of rotatable bonds is 3. The Morgan fingerprint density at radius 2 is 2.17 bits per heavy atom. The third kappa shape index (κ3) is 2.38. The maximum absolute atomic E-state index is 12.9. The highest BCUT2D eigenvalue weighted by molar-refractivity contribution is 6.02. The molecule has 0 spiro atoms. The third-order valence-corrected chi connectivity index (χ3v) is 4.28. The largest absolute Gasteiger partial charge is 0.351 e. The van der Waals surface area contributed by atoms with Gasteiger partial charge in [0.2, 0.25) is 0 Å². The fourth-order valence-corrected chi connectivity index (χ4v) is 3.17. The Morgan fingerprint density at radius 1 is 1.29 bits per heavy atom. The molecule has 1 saturated heterocycles. The van der Waals surface area contributed by atoms with Crippen LogP contribution < -0.4 is 16.1 Å². The number of hydrazine groups is 1. The molecule has 2 aliphatic rings. The summed E-state index contributed by atoms with van der Waals surface area (Å²) in [4.78, 5) is 12.9. The average molecular weight is 324 g/mol. The van der Waals surface area contributed by atoms with E-state index in [1.54, 1.807) is 11.2 Å². The van der Waals surface area contributed by atoms with Gasteiger partial charge in [-0.3, -0.25) is 10.1 Å². The number of carbonyl (C=O) groups is 1. The van der Waals surface area contributed by atoms with Crippen LogP contribution in [-0.4, -0.2) is 33.7 Å². The second-order valence-electron chi connectivity index (χ2n) is 6.21. The van der Waals surface area contributed by atoms with E-state index in [1.165, 1.54) is 0 Å². The molecule has 1 fully saturated rings. The van der Waals surface area contributed by atoms with E-state index in [-0.39, 0.29) is 18.1 Å². The van der Waals surface area contributed by atoms with E-state index in [0.717, 1.165) is 22.5 Å². The first kappa shape index (κ1) is 14.9. The lowest BCUT2D eigenvalue weighted by Gasteiger charge is -2.34. The summed E-state index contributed by atoms with van der Waals surface area (Å²) >= 11 is 0. The van der Waals surface area contributed by atoms with Gasteiger partial charge in [0, 0.05) is 23.5 Å². The Balaban J connectivity index is 1.81. The highest BCUT2D eigenvalue weighted by Gasteiger charge is 2.38.